The van der Waals surface area contributed by atoms with E-state index in [1.54, 1.807) is 0 Å². The van der Waals surface area contributed by atoms with Gasteiger partial charge in [-0.15, -0.1) is 0 Å². The lowest BCUT2D eigenvalue weighted by Gasteiger charge is -2.49. The zero-order chi connectivity index (χ0) is 46.2. The monoisotopic (exact) mass is 924 g/mol. The number of aliphatic hydroxyl groups is 13. The maximum Gasteiger partial charge on any atom is 0.246 e. The average molecular weight is 925 g/mol. The first kappa shape index (κ1) is 53.4. The standard InChI is InChI=1S/C34H60N4O25/c35-38-37-2-4-54-5-6-55-13-18(43)36-1-3-53-7-8-56-31-27(52)28(22(47)17(12-42)57-31)61-33-30(25(50)21(46)15(10-40)59-33)63-34-29(24(49)20(45)16(11-41)60-34)62-32-26(51)23(48)19(44)14(9-39)58-32/h14-17,19-34,39-42,44-52H,1-13H2,(H,36,43)/t14-,15-,16-,17-,19-,20-,21-,22-,23+,24+,25+,26+,27+,28+,29+,30+,31+,32-,33-,34-/m1/s1. The van der Waals surface area contributed by atoms with Gasteiger partial charge in [0.25, 0.3) is 0 Å². The maximum absolute atomic E-state index is 11.9. The van der Waals surface area contributed by atoms with Gasteiger partial charge in [0.1, 0.15) is 104 Å². The summed E-state index contributed by atoms with van der Waals surface area (Å²) in [5.41, 5.74) is 8.21. The van der Waals surface area contributed by atoms with Crippen LogP contribution in [0.5, 0.6) is 0 Å². The van der Waals surface area contributed by atoms with Crippen molar-refractivity contribution in [2.75, 3.05) is 85.8 Å². The predicted octanol–water partition coefficient (Wildman–Crippen LogP) is -9.25. The van der Waals surface area contributed by atoms with Crippen molar-refractivity contribution in [2.45, 2.75) is 123 Å². The zero-order valence-electron chi connectivity index (χ0n) is 33.8. The van der Waals surface area contributed by atoms with Crippen LogP contribution in [0.15, 0.2) is 5.11 Å². The van der Waals surface area contributed by atoms with E-state index >= 15 is 0 Å². The Hall–Kier alpha value is -2.18. The van der Waals surface area contributed by atoms with E-state index in [1.807, 2.05) is 0 Å². The molecular formula is C34H60N4O25. The summed E-state index contributed by atoms with van der Waals surface area (Å²) in [6, 6.07) is 0. The fourth-order valence-electron chi connectivity index (χ4n) is 6.79. The number of hydrogen-bond donors (Lipinski definition) is 14. The number of carbonyl (C=O) groups is 1. The zero-order valence-corrected chi connectivity index (χ0v) is 33.8. The summed E-state index contributed by atoms with van der Waals surface area (Å²) in [5, 5.41) is 143. The first-order chi connectivity index (χ1) is 30.2. The van der Waals surface area contributed by atoms with E-state index < -0.39 is 155 Å². The van der Waals surface area contributed by atoms with E-state index in [0.29, 0.717) is 0 Å². The van der Waals surface area contributed by atoms with Gasteiger partial charge in [-0.05, 0) is 5.53 Å². The van der Waals surface area contributed by atoms with Crippen LogP contribution in [0.4, 0.5) is 0 Å². The van der Waals surface area contributed by atoms with Crippen LogP contribution in [0.25, 0.3) is 10.4 Å². The van der Waals surface area contributed by atoms with Crippen molar-refractivity contribution in [2.24, 2.45) is 5.11 Å². The molecule has 20 atom stereocenters. The summed E-state index contributed by atoms with van der Waals surface area (Å²) >= 11 is 0. The van der Waals surface area contributed by atoms with Gasteiger partial charge in [-0.2, -0.15) is 0 Å². The van der Waals surface area contributed by atoms with Crippen LogP contribution < -0.4 is 5.32 Å². The van der Waals surface area contributed by atoms with Crippen LogP contribution in [-0.2, 0) is 56.9 Å². The van der Waals surface area contributed by atoms with Crippen molar-refractivity contribution >= 4 is 5.91 Å². The third-order valence-electron chi connectivity index (χ3n) is 10.3. The third kappa shape index (κ3) is 14.4. The molecule has 0 spiro atoms. The SMILES string of the molecule is [N-]=[N+]=NCCOCCOCC(=O)NCCOCCO[C@H]1O[C@H](CO)[C@@H](O)[C@H](O[C@H]2O[C@H](CO)[C@@H](O)[C@H](O)[C@@H]2O[C@H]2O[C@H](CO)[C@@H](O)[C@H](O)[C@@H]2O[C@H]2O[C@H](CO)[C@@H](O)[C@H](O)[C@@H]2O)[C@@H]1O. The van der Waals surface area contributed by atoms with Crippen molar-refractivity contribution < 1.29 is 123 Å². The number of rotatable bonds is 25. The van der Waals surface area contributed by atoms with Crippen molar-refractivity contribution in [3.05, 3.63) is 10.4 Å². The Labute approximate surface area is 358 Å². The normalized spacial score (nSPS) is 40.9. The molecule has 0 aromatic heterocycles. The van der Waals surface area contributed by atoms with Crippen LogP contribution in [0, 0.1) is 0 Å². The molecule has 4 saturated heterocycles. The molecule has 29 heteroatoms. The van der Waals surface area contributed by atoms with Gasteiger partial charge in [0, 0.05) is 18.0 Å². The smallest absolute Gasteiger partial charge is 0.246 e. The minimum Gasteiger partial charge on any atom is -0.394 e. The van der Waals surface area contributed by atoms with Gasteiger partial charge in [-0.3, -0.25) is 4.79 Å². The Kier molecular flexibility index (Phi) is 22.8. The second kappa shape index (κ2) is 26.8. The Balaban J connectivity index is 1.38. The van der Waals surface area contributed by atoms with Crippen LogP contribution in [0.2, 0.25) is 0 Å². The molecule has 4 heterocycles. The Morgan fingerprint density at radius 2 is 0.968 bits per heavy atom. The molecule has 1 amide bonds. The van der Waals surface area contributed by atoms with Gasteiger partial charge in [0.2, 0.25) is 5.91 Å². The number of amides is 1. The number of hydrogen-bond acceptors (Lipinski definition) is 26. The van der Waals surface area contributed by atoms with Crippen LogP contribution in [0.3, 0.4) is 0 Å². The van der Waals surface area contributed by atoms with E-state index in [9.17, 15) is 71.2 Å². The molecule has 4 rings (SSSR count). The number of azide groups is 1. The highest BCUT2D eigenvalue weighted by molar-refractivity contribution is 5.77. The lowest BCUT2D eigenvalue weighted by atomic mass is 9.95. The highest BCUT2D eigenvalue weighted by Crippen LogP contribution is 2.35. The van der Waals surface area contributed by atoms with Crippen molar-refractivity contribution in [3.8, 4) is 0 Å². The van der Waals surface area contributed by atoms with Gasteiger partial charge in [-0.25, -0.2) is 0 Å². The molecule has 0 aliphatic carbocycles. The summed E-state index contributed by atoms with van der Waals surface area (Å²) < 4.78 is 61.0. The summed E-state index contributed by atoms with van der Waals surface area (Å²) in [6.07, 6.45) is -36.8. The Morgan fingerprint density at radius 3 is 1.54 bits per heavy atom. The fourth-order valence-corrected chi connectivity index (χ4v) is 6.79. The molecule has 366 valence electrons. The third-order valence-corrected chi connectivity index (χ3v) is 10.3. The van der Waals surface area contributed by atoms with Crippen LogP contribution in [0.1, 0.15) is 0 Å². The Morgan fingerprint density at radius 1 is 0.508 bits per heavy atom. The van der Waals surface area contributed by atoms with E-state index in [-0.39, 0.29) is 59.3 Å². The van der Waals surface area contributed by atoms with Crippen molar-refractivity contribution in [1.29, 1.82) is 0 Å². The predicted molar refractivity (Wildman–Crippen MR) is 197 cm³/mol. The highest BCUT2D eigenvalue weighted by atomic mass is 16.8. The quantitative estimate of drug-likeness (QED) is 0.0175. The molecule has 0 bridgehead atoms. The average Bonchev–Trinajstić information content (AvgIpc) is 3.27. The van der Waals surface area contributed by atoms with Gasteiger partial charge in [0.15, 0.2) is 25.2 Å². The molecule has 4 aliphatic rings. The molecule has 0 unspecified atom stereocenters. The minimum atomic E-state index is -2.07. The van der Waals surface area contributed by atoms with Gasteiger partial charge < -0.3 is 124 Å². The molecule has 29 nitrogen and oxygen atoms in total. The lowest BCUT2D eigenvalue weighted by molar-refractivity contribution is -0.403. The van der Waals surface area contributed by atoms with Crippen molar-refractivity contribution in [1.82, 2.24) is 5.32 Å². The van der Waals surface area contributed by atoms with E-state index in [0.717, 1.165) is 0 Å². The second-order valence-corrected chi connectivity index (χ2v) is 14.6. The molecular weight excluding hydrogens is 864 g/mol. The Bertz CT molecular complexity index is 1380. The van der Waals surface area contributed by atoms with E-state index in [4.69, 9.17) is 57.6 Å². The largest absolute Gasteiger partial charge is 0.394 e. The topological polar surface area (TPSA) is 442 Å². The first-order valence-corrected chi connectivity index (χ1v) is 20.0. The van der Waals surface area contributed by atoms with Gasteiger partial charge in [-0.1, -0.05) is 5.11 Å². The summed E-state index contributed by atoms with van der Waals surface area (Å²) in [7, 11) is 0. The summed E-state index contributed by atoms with van der Waals surface area (Å²) in [4.78, 5) is 14.5. The van der Waals surface area contributed by atoms with Crippen LogP contribution >= 0.6 is 0 Å². The maximum atomic E-state index is 11.9. The first-order valence-electron chi connectivity index (χ1n) is 20.0. The van der Waals surface area contributed by atoms with Gasteiger partial charge in [0.05, 0.1) is 66.1 Å². The van der Waals surface area contributed by atoms with Gasteiger partial charge >= 0.3 is 0 Å². The molecule has 4 aliphatic heterocycles. The second-order valence-electron chi connectivity index (χ2n) is 14.6. The fraction of sp³-hybridized carbons (Fsp3) is 0.971. The van der Waals surface area contributed by atoms with Crippen molar-refractivity contribution in [3.63, 3.8) is 0 Å². The highest BCUT2D eigenvalue weighted by Gasteiger charge is 2.56. The summed E-state index contributed by atoms with van der Waals surface area (Å²) in [5.74, 6) is -0.428. The van der Waals surface area contributed by atoms with Crippen LogP contribution in [-0.4, -0.2) is 281 Å². The summed E-state index contributed by atoms with van der Waals surface area (Å²) in [6.45, 7) is -3.28. The molecule has 0 radical (unpaired) electrons. The number of nitrogens with one attached hydrogen (secondary N) is 1. The van der Waals surface area contributed by atoms with E-state index in [2.05, 4.69) is 15.3 Å². The molecule has 0 aromatic carbocycles. The minimum absolute atomic E-state index is 0.0319. The number of aliphatic hydroxyl groups excluding tert-OH is 13. The number of carbonyl (C=O) groups excluding carboxylic acids is 1. The number of ether oxygens (including phenoxy) is 11. The molecule has 14 N–H and O–H groups in total. The molecule has 0 aromatic rings. The molecule has 4 fully saturated rings. The molecule has 63 heavy (non-hydrogen) atoms. The number of nitrogens with zero attached hydrogens (tertiary/aromatic N) is 3. The van der Waals surface area contributed by atoms with E-state index in [1.165, 1.54) is 0 Å². The lowest BCUT2D eigenvalue weighted by Crippen LogP contribution is -2.68. The molecule has 0 saturated carbocycles.